The summed E-state index contributed by atoms with van der Waals surface area (Å²) < 4.78 is 35.3. The van der Waals surface area contributed by atoms with Crippen molar-refractivity contribution in [1.82, 2.24) is 0 Å². The zero-order valence-corrected chi connectivity index (χ0v) is 22.1. The van der Waals surface area contributed by atoms with Crippen LogP contribution in [-0.4, -0.2) is 26.2 Å². The van der Waals surface area contributed by atoms with Crippen molar-refractivity contribution in [3.05, 3.63) is 0 Å². The summed E-state index contributed by atoms with van der Waals surface area (Å²) in [6.45, 7) is 0. The van der Waals surface area contributed by atoms with Crippen LogP contribution >= 0.6 is 23.5 Å². The molecule has 1 unspecified atom stereocenters. The molecule has 0 fully saturated rings. The van der Waals surface area contributed by atoms with E-state index < -0.39 is 23.5 Å². The first-order valence-corrected chi connectivity index (χ1v) is 6.68. The maximum atomic E-state index is 10.2. The van der Waals surface area contributed by atoms with Crippen LogP contribution in [0.25, 0.3) is 0 Å². The van der Waals surface area contributed by atoms with Crippen molar-refractivity contribution in [2.75, 3.05) is 0 Å². The summed E-state index contributed by atoms with van der Waals surface area (Å²) in [7, 11) is -17.2. The maximum Gasteiger partial charge on any atom is 1.00 e. The van der Waals surface area contributed by atoms with Gasteiger partial charge >= 0.3 is 162 Å². The molecule has 0 aromatic heterocycles. The van der Waals surface area contributed by atoms with E-state index in [2.05, 4.69) is 8.62 Å². The van der Waals surface area contributed by atoms with E-state index in [1.807, 2.05) is 0 Å². The Morgan fingerprint density at radius 3 is 1.16 bits per heavy atom. The van der Waals surface area contributed by atoms with Crippen molar-refractivity contribution in [3.63, 3.8) is 0 Å². The van der Waals surface area contributed by atoms with Crippen LogP contribution in [0.1, 0.15) is 0 Å². The van der Waals surface area contributed by atoms with E-state index in [9.17, 15) is 28.4 Å². The fraction of sp³-hybridized carbons (Fsp3) is 0. The Kier molecular flexibility index (Phi) is 41.7. The van der Waals surface area contributed by atoms with Gasteiger partial charge in [-0.2, -0.15) is 0 Å². The van der Waals surface area contributed by atoms with Gasteiger partial charge in [-0.05, 0) is 0 Å². The molecule has 0 saturated heterocycles. The van der Waals surface area contributed by atoms with Crippen LogP contribution in [0.2, 0.25) is 0 Å². The summed E-state index contributed by atoms with van der Waals surface area (Å²) in [5.41, 5.74) is 0. The van der Waals surface area contributed by atoms with Gasteiger partial charge in [0.15, 0.2) is 0 Å². The topological polar surface area (TPSA) is 274 Å². The van der Waals surface area contributed by atoms with Crippen LogP contribution < -0.4 is 169 Å². The molecule has 0 aromatic rings. The predicted octanol–water partition coefficient (Wildman–Crippen LogP) is -14.1. The monoisotopic (exact) mass is 426 g/mol. The van der Waals surface area contributed by atoms with Gasteiger partial charge < -0.3 is 45.5 Å². The van der Waals surface area contributed by atoms with Crippen LogP contribution in [0.5, 0.6) is 0 Å². The Hall–Kier alpha value is 5.20. The van der Waals surface area contributed by atoms with Crippen LogP contribution in [0.4, 0.5) is 0 Å². The van der Waals surface area contributed by atoms with Crippen LogP contribution in [0, 0.1) is 0 Å². The molecule has 0 radical (unpaired) electrons. The second kappa shape index (κ2) is 18.0. The first-order chi connectivity index (χ1) is 5.41. The third kappa shape index (κ3) is 35.2. The molecular weight excluding hydrogens is 418 g/mol. The first-order valence-electron chi connectivity index (χ1n) is 2.23. The van der Waals surface area contributed by atoms with E-state index in [1.54, 1.807) is 0 Å². The van der Waals surface area contributed by atoms with Crippen molar-refractivity contribution in [1.29, 1.82) is 0 Å². The van der Waals surface area contributed by atoms with E-state index in [4.69, 9.17) is 9.79 Å². The molecule has 8 N–H and O–H groups in total. The minimum absolute atomic E-state index is 0. The van der Waals surface area contributed by atoms with Crippen LogP contribution in [0.15, 0.2) is 0 Å². The summed E-state index contributed by atoms with van der Waals surface area (Å²) >= 11 is 0. The van der Waals surface area contributed by atoms with Crippen molar-refractivity contribution in [3.8, 4) is 0 Å². The molecular formula is H8K3O13P3. The Morgan fingerprint density at radius 1 is 0.737 bits per heavy atom. The van der Waals surface area contributed by atoms with Gasteiger partial charge in [0.1, 0.15) is 0 Å². The fourth-order valence-electron chi connectivity index (χ4n) is 0.268. The van der Waals surface area contributed by atoms with Crippen molar-refractivity contribution in [2.24, 2.45) is 0 Å². The molecule has 0 aliphatic heterocycles. The standard InChI is InChI=1S/3K.H5O10P3.3H2O/c;;;1-11(2,3)9-13(7,8)10-12(4,5)6;;;/h;;;(H,7,8)(H2,1,2,3)(H2,4,5,6);3*1H2/q3*+1;;;;/p-3. The molecule has 0 amide bonds. The quantitative estimate of drug-likeness (QED) is 0.316. The van der Waals surface area contributed by atoms with E-state index in [1.165, 1.54) is 0 Å². The summed E-state index contributed by atoms with van der Waals surface area (Å²) in [5, 5.41) is 0. The molecule has 1 atom stereocenters. The molecule has 0 saturated carbocycles. The second-order valence-corrected chi connectivity index (χ2v) is 5.62. The van der Waals surface area contributed by atoms with Crippen molar-refractivity contribution < 1.29 is 217 Å². The van der Waals surface area contributed by atoms with Crippen LogP contribution in [-0.2, 0) is 22.3 Å². The average molecular weight is 426 g/mol. The Balaban J connectivity index is -0.0000000480. The third-order valence-corrected chi connectivity index (χ3v) is 3.66. The van der Waals surface area contributed by atoms with Gasteiger partial charge in [0.25, 0.3) is 7.82 Å². The van der Waals surface area contributed by atoms with E-state index >= 15 is 0 Å². The minimum Gasteiger partial charge on any atom is -0.790 e. The predicted molar refractivity (Wildman–Crippen MR) is 40.3 cm³/mol. The molecule has 0 aliphatic rings. The van der Waals surface area contributed by atoms with Gasteiger partial charge in [0.2, 0.25) is 0 Å². The number of hydrogen-bond donors (Lipinski definition) is 2. The summed E-state index contributed by atoms with van der Waals surface area (Å²) in [5.74, 6) is 0. The molecule has 13 nitrogen and oxygen atoms in total. The minimum atomic E-state index is -5.92. The Morgan fingerprint density at radius 2 is 1.00 bits per heavy atom. The molecule has 0 aromatic carbocycles. The SMILES string of the molecule is O.O.O.O=P([O-])([O-])OP(=O)([O-])OP(=O)(O)O.[K+].[K+].[K+]. The first kappa shape index (κ1) is 44.0. The summed E-state index contributed by atoms with van der Waals surface area (Å²) in [6.07, 6.45) is 0. The molecule has 0 rings (SSSR count). The number of rotatable bonds is 4. The van der Waals surface area contributed by atoms with Gasteiger partial charge in [-0.3, -0.25) is 8.88 Å². The molecule has 0 aliphatic carbocycles. The number of hydrogen-bond acceptors (Lipinski definition) is 8. The van der Waals surface area contributed by atoms with Crippen LogP contribution in [0.3, 0.4) is 0 Å². The molecule has 0 heterocycles. The maximum absolute atomic E-state index is 10.2. The van der Waals surface area contributed by atoms with Gasteiger partial charge in [-0.25, -0.2) is 8.88 Å². The smallest absolute Gasteiger partial charge is 0.790 e. The second-order valence-electron chi connectivity index (χ2n) is 1.55. The fourth-order valence-corrected chi connectivity index (χ4v) is 2.68. The van der Waals surface area contributed by atoms with Crippen molar-refractivity contribution in [2.45, 2.75) is 0 Å². The molecule has 19 heteroatoms. The normalized spacial score (nSPS) is 12.5. The van der Waals surface area contributed by atoms with Gasteiger partial charge in [-0.1, -0.05) is 0 Å². The van der Waals surface area contributed by atoms with E-state index in [0.29, 0.717) is 0 Å². The summed E-state index contributed by atoms with van der Waals surface area (Å²) in [4.78, 5) is 45.3. The molecule has 19 heavy (non-hydrogen) atoms. The van der Waals surface area contributed by atoms with E-state index in [-0.39, 0.29) is 171 Å². The van der Waals surface area contributed by atoms with Gasteiger partial charge in [0, 0.05) is 0 Å². The van der Waals surface area contributed by atoms with Gasteiger partial charge in [-0.15, -0.1) is 0 Å². The average Bonchev–Trinajstić information content (AvgIpc) is 1.43. The summed E-state index contributed by atoms with van der Waals surface area (Å²) in [6, 6.07) is 0. The Bertz CT molecular complexity index is 285. The van der Waals surface area contributed by atoms with E-state index in [0.717, 1.165) is 0 Å². The largest absolute Gasteiger partial charge is 1.00 e. The zero-order chi connectivity index (χ0) is 10.9. The van der Waals surface area contributed by atoms with Gasteiger partial charge in [0.05, 0.1) is 7.82 Å². The zero-order valence-electron chi connectivity index (χ0n) is 10.0. The molecule has 0 bridgehead atoms. The molecule has 0 spiro atoms. The van der Waals surface area contributed by atoms with Crippen molar-refractivity contribution >= 4 is 23.5 Å². The third-order valence-electron chi connectivity index (χ3n) is 0.406. The number of phosphoric acid groups is 3. The molecule has 104 valence electrons. The Labute approximate surface area is 234 Å².